The van der Waals surface area contributed by atoms with Crippen molar-refractivity contribution in [1.29, 1.82) is 0 Å². The largest absolute Gasteiger partial charge is 0.389 e. The molecule has 0 spiro atoms. The van der Waals surface area contributed by atoms with E-state index < -0.39 is 11.0 Å². The highest BCUT2D eigenvalue weighted by Crippen LogP contribution is 2.16. The molecule has 2 aromatic rings. The van der Waals surface area contributed by atoms with Gasteiger partial charge in [0.25, 0.3) is 0 Å². The predicted octanol–water partition coefficient (Wildman–Crippen LogP) is 2.54. The van der Waals surface area contributed by atoms with Crippen LogP contribution < -0.4 is 0 Å². The fourth-order valence-electron chi connectivity index (χ4n) is 1.72. The maximum Gasteiger partial charge on any atom is 0.389 e. The molecule has 6 heteroatoms. The number of benzene rings is 1. The molecule has 6 nitrogen and oxygen atoms in total. The number of nitrogens with zero attached hydrogens (tertiary/aromatic N) is 3. The van der Waals surface area contributed by atoms with Crippen LogP contribution in [0.3, 0.4) is 0 Å². The highest BCUT2D eigenvalue weighted by molar-refractivity contribution is 5.98. The average Bonchev–Trinajstić information content (AvgIpc) is 2.87. The molecule has 1 atom stereocenters. The lowest BCUT2D eigenvalue weighted by Gasteiger charge is -2.07. The van der Waals surface area contributed by atoms with Crippen LogP contribution in [0.25, 0.3) is 0 Å². The van der Waals surface area contributed by atoms with Crippen LogP contribution in [0.4, 0.5) is 5.82 Å². The van der Waals surface area contributed by atoms with Gasteiger partial charge in [0.1, 0.15) is 6.04 Å². The lowest BCUT2D eigenvalue weighted by Crippen LogP contribution is -2.17. The summed E-state index contributed by atoms with van der Waals surface area (Å²) in [5.41, 5.74) is 1.63. The van der Waals surface area contributed by atoms with Crippen molar-refractivity contribution in [2.45, 2.75) is 19.9 Å². The molecule has 98 valence electrons. The van der Waals surface area contributed by atoms with E-state index in [1.54, 1.807) is 19.1 Å². The van der Waals surface area contributed by atoms with Crippen molar-refractivity contribution in [3.8, 4) is 0 Å². The summed E-state index contributed by atoms with van der Waals surface area (Å²) in [7, 11) is 0. The molecule has 0 bridgehead atoms. The summed E-state index contributed by atoms with van der Waals surface area (Å²) in [6.07, 6.45) is 1.44. The zero-order valence-electron chi connectivity index (χ0n) is 10.6. The number of hydrogen-bond donors (Lipinski definition) is 0. The van der Waals surface area contributed by atoms with Crippen molar-refractivity contribution in [1.82, 2.24) is 9.78 Å². The van der Waals surface area contributed by atoms with Crippen LogP contribution in [0.1, 0.15) is 28.9 Å². The Morgan fingerprint density at radius 2 is 1.95 bits per heavy atom. The standard InChI is InChI=1S/C13H13N3O3/c1-9-3-5-11(6-4-9)13(17)10(2)15-8-7-12(14-15)16(18)19/h3-8,10H,1-2H3. The normalized spacial score (nSPS) is 12.1. The van der Waals surface area contributed by atoms with Crippen molar-refractivity contribution < 1.29 is 9.72 Å². The van der Waals surface area contributed by atoms with Crippen molar-refractivity contribution >= 4 is 11.6 Å². The van der Waals surface area contributed by atoms with Gasteiger partial charge in [0.2, 0.25) is 0 Å². The van der Waals surface area contributed by atoms with E-state index >= 15 is 0 Å². The van der Waals surface area contributed by atoms with Crippen molar-refractivity contribution in [2.75, 3.05) is 0 Å². The van der Waals surface area contributed by atoms with Crippen molar-refractivity contribution in [3.63, 3.8) is 0 Å². The van der Waals surface area contributed by atoms with Gasteiger partial charge in [0.15, 0.2) is 5.78 Å². The van der Waals surface area contributed by atoms with Gasteiger partial charge in [-0.25, -0.2) is 0 Å². The third-order valence-electron chi connectivity index (χ3n) is 2.89. The number of aryl methyl sites for hydroxylation is 1. The SMILES string of the molecule is Cc1ccc(C(=O)C(C)n2ccc([N+](=O)[O-])n2)cc1. The zero-order valence-corrected chi connectivity index (χ0v) is 10.6. The van der Waals surface area contributed by atoms with Gasteiger partial charge in [-0.1, -0.05) is 29.8 Å². The quantitative estimate of drug-likeness (QED) is 0.480. The zero-order chi connectivity index (χ0) is 14.0. The minimum absolute atomic E-state index is 0.127. The number of nitro groups is 1. The Morgan fingerprint density at radius 1 is 1.32 bits per heavy atom. The van der Waals surface area contributed by atoms with Crippen LogP contribution in [-0.2, 0) is 0 Å². The number of rotatable bonds is 4. The van der Waals surface area contributed by atoms with Crippen LogP contribution in [-0.4, -0.2) is 20.5 Å². The summed E-state index contributed by atoms with van der Waals surface area (Å²) in [6, 6.07) is 7.89. The van der Waals surface area contributed by atoms with E-state index in [9.17, 15) is 14.9 Å². The Labute approximate surface area is 109 Å². The topological polar surface area (TPSA) is 78.0 Å². The molecule has 0 amide bonds. The Hall–Kier alpha value is -2.50. The van der Waals surface area contributed by atoms with Crippen LogP contribution in [0.5, 0.6) is 0 Å². The minimum Gasteiger partial charge on any atom is -0.358 e. The number of hydrogen-bond acceptors (Lipinski definition) is 4. The molecule has 0 saturated heterocycles. The first kappa shape index (κ1) is 12.9. The Bertz CT molecular complexity index is 616. The molecule has 0 N–H and O–H groups in total. The molecular weight excluding hydrogens is 246 g/mol. The third kappa shape index (κ3) is 2.67. The van der Waals surface area contributed by atoms with E-state index in [1.807, 2.05) is 19.1 Å². The van der Waals surface area contributed by atoms with E-state index in [0.717, 1.165) is 5.56 Å². The predicted molar refractivity (Wildman–Crippen MR) is 69.1 cm³/mol. The molecule has 2 rings (SSSR count). The van der Waals surface area contributed by atoms with E-state index in [4.69, 9.17) is 0 Å². The minimum atomic E-state index is -0.584. The summed E-state index contributed by atoms with van der Waals surface area (Å²) in [5, 5.41) is 14.3. The number of Topliss-reactive ketones (excluding diaryl/α,β-unsaturated/α-hetero) is 1. The van der Waals surface area contributed by atoms with E-state index in [-0.39, 0.29) is 11.6 Å². The first-order valence-corrected chi connectivity index (χ1v) is 5.79. The van der Waals surface area contributed by atoms with Crippen LogP contribution in [0.15, 0.2) is 36.5 Å². The summed E-state index contributed by atoms with van der Waals surface area (Å²) in [6.45, 7) is 3.60. The van der Waals surface area contributed by atoms with Gasteiger partial charge in [-0.05, 0) is 18.8 Å². The summed E-state index contributed by atoms with van der Waals surface area (Å²) >= 11 is 0. The van der Waals surface area contributed by atoms with Gasteiger partial charge in [0, 0.05) is 5.56 Å². The monoisotopic (exact) mass is 259 g/mol. The maximum atomic E-state index is 12.2. The Balaban J connectivity index is 2.22. The lowest BCUT2D eigenvalue weighted by atomic mass is 10.0. The van der Waals surface area contributed by atoms with Gasteiger partial charge in [-0.3, -0.25) is 4.79 Å². The van der Waals surface area contributed by atoms with Gasteiger partial charge in [0.05, 0.1) is 17.4 Å². The molecule has 0 radical (unpaired) electrons. The van der Waals surface area contributed by atoms with E-state index in [2.05, 4.69) is 5.10 Å². The molecule has 0 aliphatic carbocycles. The van der Waals surface area contributed by atoms with E-state index in [0.29, 0.717) is 5.56 Å². The molecule has 0 aliphatic heterocycles. The molecule has 0 aliphatic rings. The van der Waals surface area contributed by atoms with Crippen LogP contribution >= 0.6 is 0 Å². The second-order valence-electron chi connectivity index (χ2n) is 4.32. The molecule has 1 heterocycles. The number of ketones is 1. The maximum absolute atomic E-state index is 12.2. The first-order chi connectivity index (χ1) is 8.99. The number of aromatic nitrogens is 2. The second kappa shape index (κ2) is 5.01. The van der Waals surface area contributed by atoms with Gasteiger partial charge >= 0.3 is 5.82 Å². The molecule has 0 fully saturated rings. The van der Waals surface area contributed by atoms with Gasteiger partial charge in [-0.15, -0.1) is 0 Å². The first-order valence-electron chi connectivity index (χ1n) is 5.79. The molecular formula is C13H13N3O3. The van der Waals surface area contributed by atoms with Crippen molar-refractivity contribution in [2.24, 2.45) is 0 Å². The molecule has 19 heavy (non-hydrogen) atoms. The lowest BCUT2D eigenvalue weighted by molar-refractivity contribution is -0.389. The number of carbonyl (C=O) groups excluding carboxylic acids is 1. The second-order valence-corrected chi connectivity index (χ2v) is 4.32. The summed E-state index contributed by atoms with van der Waals surface area (Å²) in [5.74, 6) is -0.387. The number of carbonyl (C=O) groups is 1. The Kier molecular flexibility index (Phi) is 3.41. The summed E-state index contributed by atoms with van der Waals surface area (Å²) in [4.78, 5) is 22.2. The smallest absolute Gasteiger partial charge is 0.358 e. The molecule has 1 aromatic carbocycles. The fraction of sp³-hybridized carbons (Fsp3) is 0.231. The average molecular weight is 259 g/mol. The van der Waals surface area contributed by atoms with Crippen molar-refractivity contribution in [3.05, 3.63) is 57.8 Å². The summed E-state index contributed by atoms with van der Waals surface area (Å²) < 4.78 is 1.31. The fourth-order valence-corrected chi connectivity index (χ4v) is 1.72. The highest BCUT2D eigenvalue weighted by atomic mass is 16.6. The third-order valence-corrected chi connectivity index (χ3v) is 2.89. The van der Waals surface area contributed by atoms with E-state index in [1.165, 1.54) is 16.9 Å². The van der Waals surface area contributed by atoms with Crippen LogP contribution in [0, 0.1) is 17.0 Å². The Morgan fingerprint density at radius 3 is 2.47 bits per heavy atom. The van der Waals surface area contributed by atoms with Gasteiger partial charge in [-0.2, -0.15) is 4.68 Å². The van der Waals surface area contributed by atoms with Crippen LogP contribution in [0.2, 0.25) is 0 Å². The highest BCUT2D eigenvalue weighted by Gasteiger charge is 2.22. The molecule has 1 aromatic heterocycles. The molecule has 0 saturated carbocycles. The molecule has 1 unspecified atom stereocenters. The van der Waals surface area contributed by atoms with Gasteiger partial charge < -0.3 is 10.1 Å².